The SMILES string of the molecule is COCOC1=C[N+]2(COC)C=C(c3ccc(OCCCF)cc3)N=C2C=C1. The van der Waals surface area contributed by atoms with Crippen LogP contribution in [0.3, 0.4) is 0 Å². The molecule has 7 heteroatoms. The molecule has 2 aliphatic rings. The van der Waals surface area contributed by atoms with Crippen LogP contribution in [-0.2, 0) is 14.2 Å². The Bertz CT molecular complexity index is 771. The molecule has 1 atom stereocenters. The number of aliphatic imine (C=N–C) groups is 1. The zero-order valence-corrected chi connectivity index (χ0v) is 15.6. The molecule has 1 aromatic rings. The van der Waals surface area contributed by atoms with E-state index >= 15 is 0 Å². The highest BCUT2D eigenvalue weighted by molar-refractivity contribution is 5.96. The minimum absolute atomic E-state index is 0.177. The van der Waals surface area contributed by atoms with E-state index < -0.39 is 0 Å². The van der Waals surface area contributed by atoms with Gasteiger partial charge in [0.25, 0.3) is 0 Å². The molecule has 0 aliphatic carbocycles. The molecular weight excluding hydrogens is 351 g/mol. The van der Waals surface area contributed by atoms with Gasteiger partial charge in [-0.15, -0.1) is 0 Å². The Morgan fingerprint density at radius 1 is 1.00 bits per heavy atom. The minimum atomic E-state index is -0.376. The van der Waals surface area contributed by atoms with Gasteiger partial charge in [0.2, 0.25) is 5.84 Å². The van der Waals surface area contributed by atoms with E-state index in [1.54, 1.807) is 14.2 Å². The quantitative estimate of drug-likeness (QED) is 0.356. The fourth-order valence-corrected chi connectivity index (χ4v) is 2.91. The molecule has 1 unspecified atom stereocenters. The van der Waals surface area contributed by atoms with E-state index in [2.05, 4.69) is 0 Å². The molecule has 0 radical (unpaired) electrons. The van der Waals surface area contributed by atoms with E-state index in [-0.39, 0.29) is 13.5 Å². The molecule has 0 spiro atoms. The van der Waals surface area contributed by atoms with Crippen LogP contribution in [0.2, 0.25) is 0 Å². The number of halogens is 1. The minimum Gasteiger partial charge on any atom is -0.493 e. The maximum Gasteiger partial charge on any atom is 0.239 e. The van der Waals surface area contributed by atoms with Gasteiger partial charge in [-0.25, -0.2) is 0 Å². The number of rotatable bonds is 10. The molecule has 0 bridgehead atoms. The Balaban J connectivity index is 1.81. The number of ether oxygens (including phenoxy) is 4. The van der Waals surface area contributed by atoms with Crippen LogP contribution in [0.1, 0.15) is 12.0 Å². The van der Waals surface area contributed by atoms with Crippen LogP contribution in [0.25, 0.3) is 5.70 Å². The number of methoxy groups -OCH3 is 2. The van der Waals surface area contributed by atoms with E-state index in [4.69, 9.17) is 23.9 Å². The van der Waals surface area contributed by atoms with E-state index in [0.717, 1.165) is 17.1 Å². The van der Waals surface area contributed by atoms with Crippen molar-refractivity contribution < 1.29 is 27.8 Å². The van der Waals surface area contributed by atoms with Crippen LogP contribution >= 0.6 is 0 Å². The van der Waals surface area contributed by atoms with Gasteiger partial charge in [-0.05, 0) is 30.3 Å². The maximum absolute atomic E-state index is 12.2. The maximum atomic E-state index is 12.2. The number of hydrogen-bond donors (Lipinski definition) is 0. The number of alkyl halides is 1. The number of hydrogen-bond acceptors (Lipinski definition) is 5. The number of amidine groups is 1. The lowest BCUT2D eigenvalue weighted by atomic mass is 10.1. The molecule has 27 heavy (non-hydrogen) atoms. The summed E-state index contributed by atoms with van der Waals surface area (Å²) >= 11 is 0. The summed E-state index contributed by atoms with van der Waals surface area (Å²) in [5, 5.41) is 0. The standard InChI is InChI=1S/C20H24FN2O4/c1-24-14-23-12-18(27-15-25-2)8-9-20(23)22-19(13-23)16-4-6-17(7-5-16)26-11-3-10-21/h4-9,12-13H,3,10-11,14-15H2,1-2H3/q+1. The summed E-state index contributed by atoms with van der Waals surface area (Å²) in [6.07, 6.45) is 8.15. The molecule has 6 nitrogen and oxygen atoms in total. The average molecular weight is 375 g/mol. The Kier molecular flexibility index (Phi) is 6.39. The van der Waals surface area contributed by atoms with Crippen molar-refractivity contribution in [3.05, 3.63) is 60.1 Å². The first kappa shape index (κ1) is 19.3. The number of nitrogens with zero attached hydrogens (tertiary/aromatic N) is 2. The Morgan fingerprint density at radius 3 is 2.52 bits per heavy atom. The Hall–Kier alpha value is -2.48. The average Bonchev–Trinajstić information content (AvgIpc) is 3.06. The lowest BCUT2D eigenvalue weighted by Crippen LogP contribution is -2.43. The molecule has 2 aliphatic heterocycles. The van der Waals surface area contributed by atoms with Crippen molar-refractivity contribution in [3.63, 3.8) is 0 Å². The van der Waals surface area contributed by atoms with Crippen LogP contribution in [0, 0.1) is 0 Å². The molecule has 2 heterocycles. The van der Waals surface area contributed by atoms with Crippen molar-refractivity contribution in [2.24, 2.45) is 4.99 Å². The van der Waals surface area contributed by atoms with E-state index in [9.17, 15) is 4.39 Å². The molecule has 0 aromatic heterocycles. The van der Waals surface area contributed by atoms with Gasteiger partial charge in [0.05, 0.1) is 13.3 Å². The molecule has 0 N–H and O–H groups in total. The van der Waals surface area contributed by atoms with Gasteiger partial charge in [0, 0.05) is 32.3 Å². The van der Waals surface area contributed by atoms with Gasteiger partial charge in [-0.1, -0.05) is 0 Å². The second-order valence-corrected chi connectivity index (χ2v) is 6.16. The summed E-state index contributed by atoms with van der Waals surface area (Å²) in [5.74, 6) is 2.26. The summed E-state index contributed by atoms with van der Waals surface area (Å²) < 4.78 is 33.9. The van der Waals surface area contributed by atoms with Crippen molar-refractivity contribution in [1.29, 1.82) is 0 Å². The van der Waals surface area contributed by atoms with Crippen LogP contribution in [0.5, 0.6) is 5.75 Å². The first-order valence-corrected chi connectivity index (χ1v) is 8.71. The van der Waals surface area contributed by atoms with Gasteiger partial charge in [0.15, 0.2) is 25.5 Å². The summed E-state index contributed by atoms with van der Waals surface area (Å²) in [5.41, 5.74) is 1.80. The van der Waals surface area contributed by atoms with E-state index in [0.29, 0.717) is 35.8 Å². The van der Waals surface area contributed by atoms with Gasteiger partial charge >= 0.3 is 0 Å². The predicted octanol–water partition coefficient (Wildman–Crippen LogP) is 3.59. The number of benzene rings is 1. The van der Waals surface area contributed by atoms with Crippen LogP contribution in [0.4, 0.5) is 4.39 Å². The highest BCUT2D eigenvalue weighted by Crippen LogP contribution is 2.33. The summed E-state index contributed by atoms with van der Waals surface area (Å²) in [7, 11) is 3.24. The van der Waals surface area contributed by atoms with E-state index in [1.165, 1.54) is 0 Å². The van der Waals surface area contributed by atoms with Crippen molar-refractivity contribution in [2.75, 3.05) is 41.0 Å². The first-order valence-electron chi connectivity index (χ1n) is 8.71. The second kappa shape index (κ2) is 8.94. The van der Waals surface area contributed by atoms with Crippen molar-refractivity contribution in [3.8, 4) is 5.75 Å². The first-order chi connectivity index (χ1) is 13.2. The third-order valence-electron chi connectivity index (χ3n) is 4.15. The number of fused-ring (bicyclic) bond motifs is 1. The largest absolute Gasteiger partial charge is 0.493 e. The fraction of sp³-hybridized carbons (Fsp3) is 0.350. The molecule has 3 rings (SSSR count). The summed E-state index contributed by atoms with van der Waals surface area (Å²) in [6.45, 7) is 0.570. The fourth-order valence-electron chi connectivity index (χ4n) is 2.91. The molecule has 0 saturated heterocycles. The molecule has 0 saturated carbocycles. The van der Waals surface area contributed by atoms with Gasteiger partial charge in [0.1, 0.15) is 17.6 Å². The lowest BCUT2D eigenvalue weighted by molar-refractivity contribution is -0.755. The van der Waals surface area contributed by atoms with E-state index in [1.807, 2.05) is 48.8 Å². The molecule has 0 amide bonds. The third kappa shape index (κ3) is 4.44. The van der Waals surface area contributed by atoms with Gasteiger partial charge in [-0.2, -0.15) is 9.48 Å². The third-order valence-corrected chi connectivity index (χ3v) is 4.15. The summed E-state index contributed by atoms with van der Waals surface area (Å²) in [6, 6.07) is 7.62. The Morgan fingerprint density at radius 2 is 1.81 bits per heavy atom. The zero-order valence-electron chi connectivity index (χ0n) is 15.6. The van der Waals surface area contributed by atoms with Crippen molar-refractivity contribution in [2.45, 2.75) is 6.42 Å². The molecule has 0 fully saturated rings. The smallest absolute Gasteiger partial charge is 0.239 e. The second-order valence-electron chi connectivity index (χ2n) is 6.16. The van der Waals surface area contributed by atoms with Crippen LogP contribution < -0.4 is 4.74 Å². The number of allylic oxidation sites excluding steroid dienone is 1. The number of quaternary nitrogens is 1. The lowest BCUT2D eigenvalue weighted by Gasteiger charge is -2.28. The highest BCUT2D eigenvalue weighted by Gasteiger charge is 2.39. The predicted molar refractivity (Wildman–Crippen MR) is 100 cm³/mol. The van der Waals surface area contributed by atoms with Crippen LogP contribution in [0.15, 0.2) is 59.6 Å². The molecular formula is C20H24FN2O4+. The zero-order chi connectivity index (χ0) is 19.1. The summed E-state index contributed by atoms with van der Waals surface area (Å²) in [4.78, 5) is 4.75. The Labute approximate surface area is 158 Å². The normalized spacial score (nSPS) is 20.6. The van der Waals surface area contributed by atoms with Crippen molar-refractivity contribution in [1.82, 2.24) is 0 Å². The molecule has 1 aromatic carbocycles. The monoisotopic (exact) mass is 375 g/mol. The topological polar surface area (TPSA) is 49.3 Å². The molecule has 144 valence electrons. The van der Waals surface area contributed by atoms with Crippen LogP contribution in [-0.4, -0.2) is 51.3 Å². The highest BCUT2D eigenvalue weighted by atomic mass is 19.1. The van der Waals surface area contributed by atoms with Crippen molar-refractivity contribution >= 4 is 11.5 Å². The van der Waals surface area contributed by atoms with Gasteiger partial charge in [-0.3, -0.25) is 4.39 Å². The van der Waals surface area contributed by atoms with Gasteiger partial charge < -0.3 is 18.9 Å².